The molecule has 1 aromatic carbocycles. The van der Waals surface area contributed by atoms with Gasteiger partial charge in [-0.25, -0.2) is 4.79 Å². The maximum Gasteiger partial charge on any atom is 0.337 e. The molecule has 1 amide bonds. The van der Waals surface area contributed by atoms with Gasteiger partial charge in [0.05, 0.1) is 12.7 Å². The van der Waals surface area contributed by atoms with Crippen molar-refractivity contribution >= 4 is 33.5 Å². The van der Waals surface area contributed by atoms with Gasteiger partial charge in [-0.3, -0.25) is 4.79 Å². The highest BCUT2D eigenvalue weighted by Gasteiger charge is 2.57. The lowest BCUT2D eigenvalue weighted by Gasteiger charge is -2.60. The zero-order chi connectivity index (χ0) is 17.7. The Morgan fingerprint density at radius 3 is 2.36 bits per heavy atom. The van der Waals surface area contributed by atoms with E-state index in [1.165, 1.54) is 39.2 Å². The molecule has 2 atom stereocenters. The molecule has 1 aromatic rings. The number of hydrogen-bond acceptors (Lipinski definition) is 3. The molecule has 0 aliphatic heterocycles. The lowest BCUT2D eigenvalue weighted by atomic mass is 9.48. The first-order chi connectivity index (χ1) is 11.9. The average Bonchev–Trinajstić information content (AvgIpc) is 2.51. The summed E-state index contributed by atoms with van der Waals surface area (Å²) in [6, 6.07) is 6.88. The van der Waals surface area contributed by atoms with Crippen LogP contribution in [0.15, 0.2) is 24.3 Å². The number of rotatable bonds is 4. The van der Waals surface area contributed by atoms with E-state index in [4.69, 9.17) is 4.74 Å². The number of hydrogen-bond donors (Lipinski definition) is 1. The predicted octanol–water partition coefficient (Wildman–Crippen LogP) is 4.54. The summed E-state index contributed by atoms with van der Waals surface area (Å²) in [6.45, 7) is 0. The van der Waals surface area contributed by atoms with Crippen LogP contribution in [0.3, 0.4) is 0 Å². The highest BCUT2D eigenvalue weighted by molar-refractivity contribution is 9.10. The highest BCUT2D eigenvalue weighted by atomic mass is 79.9. The van der Waals surface area contributed by atoms with Crippen molar-refractivity contribution in [2.75, 3.05) is 12.4 Å². The molecule has 0 spiro atoms. The van der Waals surface area contributed by atoms with Gasteiger partial charge in [0.1, 0.15) is 0 Å². The van der Waals surface area contributed by atoms with Crippen LogP contribution in [0.4, 0.5) is 5.69 Å². The Bertz CT molecular complexity index is 685. The van der Waals surface area contributed by atoms with Crippen LogP contribution in [-0.4, -0.2) is 23.3 Å². The van der Waals surface area contributed by atoms with Gasteiger partial charge in [-0.2, -0.15) is 0 Å². The standard InChI is InChI=1S/C20H24BrNO3/c1-25-18(24)15-2-4-16(5-3-15)22-17(23)11-19-7-13-6-14(8-19)10-20(21,9-13)12-19/h2-5,13-14H,6-12H2,1H3,(H,22,23). The molecule has 0 radical (unpaired) electrons. The molecule has 134 valence electrons. The summed E-state index contributed by atoms with van der Waals surface area (Å²) in [5.74, 6) is 1.29. The van der Waals surface area contributed by atoms with Crippen LogP contribution in [0, 0.1) is 17.3 Å². The summed E-state index contributed by atoms with van der Waals surface area (Å²) in [5, 5.41) is 3.01. The molecule has 5 heteroatoms. The minimum atomic E-state index is -0.367. The first-order valence-corrected chi connectivity index (χ1v) is 9.85. The van der Waals surface area contributed by atoms with Crippen LogP contribution < -0.4 is 5.32 Å². The van der Waals surface area contributed by atoms with Gasteiger partial charge in [0.2, 0.25) is 5.91 Å². The molecular weight excluding hydrogens is 382 g/mol. The average molecular weight is 406 g/mol. The van der Waals surface area contributed by atoms with E-state index in [9.17, 15) is 9.59 Å². The molecule has 4 nitrogen and oxygen atoms in total. The topological polar surface area (TPSA) is 55.4 Å². The van der Waals surface area contributed by atoms with Crippen molar-refractivity contribution in [3.8, 4) is 0 Å². The molecule has 5 rings (SSSR count). The number of methoxy groups -OCH3 is 1. The van der Waals surface area contributed by atoms with E-state index in [-0.39, 0.29) is 21.6 Å². The molecule has 0 aromatic heterocycles. The fourth-order valence-corrected chi connectivity index (χ4v) is 7.41. The number of esters is 1. The third-order valence-corrected chi connectivity index (χ3v) is 7.16. The minimum absolute atomic E-state index is 0.0869. The monoisotopic (exact) mass is 405 g/mol. The quantitative estimate of drug-likeness (QED) is 0.590. The number of ether oxygens (including phenoxy) is 1. The van der Waals surface area contributed by atoms with Crippen LogP contribution in [0.1, 0.15) is 55.3 Å². The molecule has 2 unspecified atom stereocenters. The number of alkyl halides is 1. The summed E-state index contributed by atoms with van der Waals surface area (Å²) in [6.07, 6.45) is 8.04. The summed E-state index contributed by atoms with van der Waals surface area (Å²) in [7, 11) is 1.36. The van der Waals surface area contributed by atoms with E-state index in [1.807, 2.05) is 0 Å². The third-order valence-electron chi connectivity index (χ3n) is 6.24. The smallest absolute Gasteiger partial charge is 0.337 e. The highest BCUT2D eigenvalue weighted by Crippen LogP contribution is 2.65. The van der Waals surface area contributed by atoms with Gasteiger partial charge in [0.15, 0.2) is 0 Å². The second-order valence-electron chi connectivity index (χ2n) is 8.41. The number of benzene rings is 1. The Balaban J connectivity index is 1.42. The Kier molecular flexibility index (Phi) is 4.18. The molecule has 25 heavy (non-hydrogen) atoms. The number of carbonyl (C=O) groups is 2. The number of nitrogens with one attached hydrogen (secondary N) is 1. The molecular formula is C20H24BrNO3. The van der Waals surface area contributed by atoms with Crippen molar-refractivity contribution < 1.29 is 14.3 Å². The van der Waals surface area contributed by atoms with E-state index in [2.05, 4.69) is 21.2 Å². The fraction of sp³-hybridized carbons (Fsp3) is 0.600. The molecule has 0 saturated heterocycles. The molecule has 4 fully saturated rings. The Hall–Kier alpha value is -1.36. The van der Waals surface area contributed by atoms with E-state index in [1.54, 1.807) is 24.3 Å². The zero-order valence-corrected chi connectivity index (χ0v) is 16.1. The first kappa shape index (κ1) is 17.1. The van der Waals surface area contributed by atoms with Crippen LogP contribution in [-0.2, 0) is 9.53 Å². The summed E-state index contributed by atoms with van der Waals surface area (Å²) in [4.78, 5) is 24.1. The van der Waals surface area contributed by atoms with Crippen molar-refractivity contribution in [3.05, 3.63) is 29.8 Å². The minimum Gasteiger partial charge on any atom is -0.465 e. The molecule has 4 bridgehead atoms. The fourth-order valence-electron chi connectivity index (χ4n) is 5.90. The SMILES string of the molecule is COC(=O)c1ccc(NC(=O)CC23CC4CC(CC(Br)(C4)C2)C3)cc1. The number of carbonyl (C=O) groups excluding carboxylic acids is 2. The molecule has 4 aliphatic carbocycles. The van der Waals surface area contributed by atoms with Crippen molar-refractivity contribution in [2.24, 2.45) is 17.3 Å². The third kappa shape index (κ3) is 3.35. The van der Waals surface area contributed by atoms with Crippen molar-refractivity contribution in [3.63, 3.8) is 0 Å². The van der Waals surface area contributed by atoms with Crippen LogP contribution >= 0.6 is 15.9 Å². The predicted molar refractivity (Wildman–Crippen MR) is 99.8 cm³/mol. The number of halogens is 1. The van der Waals surface area contributed by atoms with Crippen LogP contribution in [0.5, 0.6) is 0 Å². The molecule has 4 saturated carbocycles. The lowest BCUT2D eigenvalue weighted by molar-refractivity contribution is -0.123. The maximum absolute atomic E-state index is 12.7. The molecule has 1 N–H and O–H groups in total. The second kappa shape index (κ2) is 6.11. The van der Waals surface area contributed by atoms with Gasteiger partial charge >= 0.3 is 5.97 Å². The van der Waals surface area contributed by atoms with Crippen LogP contribution in [0.25, 0.3) is 0 Å². The summed E-state index contributed by atoms with van der Waals surface area (Å²) >= 11 is 4.00. The summed E-state index contributed by atoms with van der Waals surface area (Å²) < 4.78 is 4.97. The normalized spacial score (nSPS) is 35.4. The van der Waals surface area contributed by atoms with Crippen molar-refractivity contribution in [1.82, 2.24) is 0 Å². The van der Waals surface area contributed by atoms with Crippen molar-refractivity contribution in [1.29, 1.82) is 0 Å². The van der Waals surface area contributed by atoms with Gasteiger partial charge in [-0.1, -0.05) is 15.9 Å². The number of amides is 1. The molecule has 4 aliphatic rings. The van der Waals surface area contributed by atoms with E-state index >= 15 is 0 Å². The largest absolute Gasteiger partial charge is 0.465 e. The van der Waals surface area contributed by atoms with Gasteiger partial charge in [-0.05, 0) is 80.0 Å². The van der Waals surface area contributed by atoms with E-state index < -0.39 is 0 Å². The second-order valence-corrected chi connectivity index (χ2v) is 10.1. The summed E-state index contributed by atoms with van der Waals surface area (Å²) in [5.41, 5.74) is 1.39. The Labute approximate surface area is 156 Å². The Morgan fingerprint density at radius 1 is 1.16 bits per heavy atom. The van der Waals surface area contributed by atoms with E-state index in [0.717, 1.165) is 23.9 Å². The van der Waals surface area contributed by atoms with Gasteiger partial charge in [0, 0.05) is 16.4 Å². The van der Waals surface area contributed by atoms with E-state index in [0.29, 0.717) is 12.0 Å². The maximum atomic E-state index is 12.7. The number of anilines is 1. The Morgan fingerprint density at radius 2 is 1.80 bits per heavy atom. The zero-order valence-electron chi connectivity index (χ0n) is 14.5. The van der Waals surface area contributed by atoms with Gasteiger partial charge in [-0.15, -0.1) is 0 Å². The van der Waals surface area contributed by atoms with Crippen molar-refractivity contribution in [2.45, 2.75) is 49.3 Å². The lowest BCUT2D eigenvalue weighted by Crippen LogP contribution is -2.53. The van der Waals surface area contributed by atoms with Gasteiger partial charge in [0.25, 0.3) is 0 Å². The van der Waals surface area contributed by atoms with Gasteiger partial charge < -0.3 is 10.1 Å². The first-order valence-electron chi connectivity index (χ1n) is 9.06. The molecule has 0 heterocycles. The van der Waals surface area contributed by atoms with Crippen LogP contribution in [0.2, 0.25) is 0 Å².